The number of pyridine rings is 1. The number of benzene rings is 1. The summed E-state index contributed by atoms with van der Waals surface area (Å²) in [5, 5.41) is 2.57. The van der Waals surface area contributed by atoms with E-state index < -0.39 is 40.4 Å². The van der Waals surface area contributed by atoms with E-state index in [0.717, 1.165) is 31.9 Å². The minimum absolute atomic E-state index is 0.102. The maximum absolute atomic E-state index is 15.3. The molecule has 0 saturated heterocycles. The molecule has 0 unspecified atom stereocenters. The van der Waals surface area contributed by atoms with Crippen LogP contribution < -0.4 is 15.8 Å². The minimum atomic E-state index is -3.62. The second-order valence-corrected chi connectivity index (χ2v) is 9.01. The highest BCUT2D eigenvalue weighted by molar-refractivity contribution is 6.04. The van der Waals surface area contributed by atoms with Crippen molar-refractivity contribution < 1.29 is 27.4 Å². The molecule has 1 atom stereocenters. The molecule has 10 heteroatoms. The molecule has 1 amide bonds. The summed E-state index contributed by atoms with van der Waals surface area (Å²) >= 11 is 0. The Labute approximate surface area is 189 Å². The van der Waals surface area contributed by atoms with Gasteiger partial charge < -0.3 is 20.5 Å². The molecule has 0 spiro atoms. The van der Waals surface area contributed by atoms with Crippen LogP contribution in [0.15, 0.2) is 41.5 Å². The number of amides is 1. The largest absolute Gasteiger partial charge is 0.477 e. The third kappa shape index (κ3) is 4.21. The van der Waals surface area contributed by atoms with Crippen LogP contribution in [0.1, 0.15) is 49.5 Å². The molecule has 1 aromatic heterocycles. The van der Waals surface area contributed by atoms with Gasteiger partial charge in [-0.15, -0.1) is 0 Å². The van der Waals surface area contributed by atoms with Crippen molar-refractivity contribution in [1.29, 1.82) is 0 Å². The SMILES string of the molecule is CC1(C)N=C(N)O[C@](C)(c2cc(NC(=O)c3ccc(OCC4CC4)nc3)ccc2F)C1(F)F. The van der Waals surface area contributed by atoms with Gasteiger partial charge in [0.15, 0.2) is 0 Å². The van der Waals surface area contributed by atoms with E-state index in [2.05, 4.69) is 15.3 Å². The lowest BCUT2D eigenvalue weighted by Crippen LogP contribution is -2.62. The van der Waals surface area contributed by atoms with Crippen LogP contribution in [0.5, 0.6) is 5.88 Å². The number of aromatic nitrogens is 1. The monoisotopic (exact) mass is 462 g/mol. The predicted octanol–water partition coefficient (Wildman–Crippen LogP) is 4.24. The fraction of sp³-hybridized carbons (Fsp3) is 0.435. The highest BCUT2D eigenvalue weighted by atomic mass is 19.3. The molecule has 2 aromatic rings. The lowest BCUT2D eigenvalue weighted by atomic mass is 9.78. The van der Waals surface area contributed by atoms with Gasteiger partial charge in [-0.3, -0.25) is 4.79 Å². The number of amidine groups is 1. The standard InChI is InChI=1S/C23H25F3N4O3/c1-21(2)23(25,26)22(3,33-20(27)30-21)16-10-15(7-8-17(16)24)29-19(31)14-6-9-18(28-11-14)32-12-13-4-5-13/h6-11,13H,4-5,12H2,1-3H3,(H2,27,30)(H,29,31)/t22-/m1/s1. The van der Waals surface area contributed by atoms with Gasteiger partial charge in [0.2, 0.25) is 11.5 Å². The third-order valence-electron chi connectivity index (χ3n) is 5.97. The average molecular weight is 462 g/mol. The number of nitrogens with zero attached hydrogens (tertiary/aromatic N) is 2. The number of alkyl halides is 2. The first-order valence-electron chi connectivity index (χ1n) is 10.6. The maximum Gasteiger partial charge on any atom is 0.315 e. The number of anilines is 1. The van der Waals surface area contributed by atoms with Crippen LogP contribution in [-0.2, 0) is 10.3 Å². The molecule has 0 radical (unpaired) electrons. The number of rotatable bonds is 6. The van der Waals surface area contributed by atoms with E-state index in [-0.39, 0.29) is 11.3 Å². The maximum atomic E-state index is 15.3. The van der Waals surface area contributed by atoms with Crippen LogP contribution in [-0.4, -0.2) is 35.0 Å². The fourth-order valence-corrected chi connectivity index (χ4v) is 3.71. The topological polar surface area (TPSA) is 98.8 Å². The van der Waals surface area contributed by atoms with E-state index in [4.69, 9.17) is 15.2 Å². The van der Waals surface area contributed by atoms with Gasteiger partial charge in [0.25, 0.3) is 11.9 Å². The molecule has 7 nitrogen and oxygen atoms in total. The first-order valence-corrected chi connectivity index (χ1v) is 10.6. The molecule has 1 aliphatic carbocycles. The Bertz CT molecular complexity index is 1100. The van der Waals surface area contributed by atoms with E-state index >= 15 is 8.78 Å². The van der Waals surface area contributed by atoms with E-state index in [9.17, 15) is 9.18 Å². The van der Waals surface area contributed by atoms with E-state index in [1.165, 1.54) is 32.2 Å². The van der Waals surface area contributed by atoms with E-state index in [1.54, 1.807) is 6.07 Å². The zero-order chi connectivity index (χ0) is 24.0. The Hall–Kier alpha value is -3.30. The predicted molar refractivity (Wildman–Crippen MR) is 116 cm³/mol. The molecule has 176 valence electrons. The van der Waals surface area contributed by atoms with Crippen molar-refractivity contribution >= 4 is 17.6 Å². The molecule has 2 aliphatic rings. The number of hydrogen-bond donors (Lipinski definition) is 2. The lowest BCUT2D eigenvalue weighted by Gasteiger charge is -2.47. The van der Waals surface area contributed by atoms with Crippen molar-refractivity contribution in [3.63, 3.8) is 0 Å². The van der Waals surface area contributed by atoms with Gasteiger partial charge in [0.1, 0.15) is 11.4 Å². The molecular formula is C23H25F3N4O3. The summed E-state index contributed by atoms with van der Waals surface area (Å²) < 4.78 is 56.1. The summed E-state index contributed by atoms with van der Waals surface area (Å²) in [7, 11) is 0. The summed E-state index contributed by atoms with van der Waals surface area (Å²) in [5.41, 5.74) is 1.11. The summed E-state index contributed by atoms with van der Waals surface area (Å²) in [6.45, 7) is 4.02. The lowest BCUT2D eigenvalue weighted by molar-refractivity contribution is -0.215. The van der Waals surface area contributed by atoms with E-state index in [1.807, 2.05) is 0 Å². The minimum Gasteiger partial charge on any atom is -0.477 e. The number of nitrogens with one attached hydrogen (secondary N) is 1. The summed E-state index contributed by atoms with van der Waals surface area (Å²) in [4.78, 5) is 20.4. The molecule has 0 bridgehead atoms. The summed E-state index contributed by atoms with van der Waals surface area (Å²) in [6.07, 6.45) is 3.64. The van der Waals surface area contributed by atoms with Gasteiger partial charge in [-0.05, 0) is 63.8 Å². The Morgan fingerprint density at radius 1 is 1.24 bits per heavy atom. The number of nitrogens with two attached hydrogens (primary N) is 1. The third-order valence-corrected chi connectivity index (χ3v) is 5.97. The molecule has 1 fully saturated rings. The molecule has 3 N–H and O–H groups in total. The van der Waals surface area contributed by atoms with Crippen molar-refractivity contribution in [1.82, 2.24) is 4.98 Å². The first-order chi connectivity index (χ1) is 15.4. The van der Waals surface area contributed by atoms with Gasteiger partial charge in [0, 0.05) is 23.5 Å². The molecule has 4 rings (SSSR count). The number of carbonyl (C=O) groups is 1. The van der Waals surface area contributed by atoms with Crippen molar-refractivity contribution in [2.75, 3.05) is 11.9 Å². The van der Waals surface area contributed by atoms with Crippen molar-refractivity contribution in [3.8, 4) is 5.88 Å². The zero-order valence-electron chi connectivity index (χ0n) is 18.5. The van der Waals surface area contributed by atoms with Gasteiger partial charge in [-0.2, -0.15) is 8.78 Å². The first kappa shape index (κ1) is 22.9. The Kier molecular flexibility index (Phi) is 5.50. The number of carbonyl (C=O) groups excluding carboxylic acids is 1. The smallest absolute Gasteiger partial charge is 0.315 e. The molecule has 1 aliphatic heterocycles. The van der Waals surface area contributed by atoms with Crippen molar-refractivity contribution in [2.45, 2.75) is 50.7 Å². The Morgan fingerprint density at radius 3 is 2.61 bits per heavy atom. The van der Waals surface area contributed by atoms with Crippen LogP contribution in [0, 0.1) is 11.7 Å². The number of ether oxygens (including phenoxy) is 2. The van der Waals surface area contributed by atoms with Crippen LogP contribution in [0.3, 0.4) is 0 Å². The average Bonchev–Trinajstić information content (AvgIpc) is 3.57. The van der Waals surface area contributed by atoms with Crippen molar-refractivity contribution in [2.24, 2.45) is 16.6 Å². The molecule has 1 aromatic carbocycles. The number of halogens is 3. The van der Waals surface area contributed by atoms with Crippen LogP contribution >= 0.6 is 0 Å². The quantitative estimate of drug-likeness (QED) is 0.669. The molecule has 2 heterocycles. The highest BCUT2D eigenvalue weighted by Crippen LogP contribution is 2.51. The Balaban J connectivity index is 1.56. The Morgan fingerprint density at radius 2 is 1.97 bits per heavy atom. The normalized spacial score (nSPS) is 23.3. The van der Waals surface area contributed by atoms with Gasteiger partial charge in [-0.25, -0.2) is 14.4 Å². The van der Waals surface area contributed by atoms with Crippen molar-refractivity contribution in [3.05, 3.63) is 53.5 Å². The van der Waals surface area contributed by atoms with Gasteiger partial charge in [-0.1, -0.05) is 0 Å². The van der Waals surface area contributed by atoms with Gasteiger partial charge in [0.05, 0.1) is 12.2 Å². The van der Waals surface area contributed by atoms with Crippen LogP contribution in [0.4, 0.5) is 18.9 Å². The second-order valence-electron chi connectivity index (χ2n) is 9.01. The van der Waals surface area contributed by atoms with E-state index in [0.29, 0.717) is 18.4 Å². The molecular weight excluding hydrogens is 437 g/mol. The summed E-state index contributed by atoms with van der Waals surface area (Å²) in [5.74, 6) is -4.12. The molecule has 33 heavy (non-hydrogen) atoms. The molecule has 1 saturated carbocycles. The highest BCUT2D eigenvalue weighted by Gasteiger charge is 2.66. The summed E-state index contributed by atoms with van der Waals surface area (Å²) in [6, 6.07) is 6.00. The number of hydrogen-bond acceptors (Lipinski definition) is 6. The van der Waals surface area contributed by atoms with Crippen LogP contribution in [0.2, 0.25) is 0 Å². The second kappa shape index (κ2) is 7.93. The van der Waals surface area contributed by atoms with Crippen LogP contribution in [0.25, 0.3) is 0 Å². The zero-order valence-corrected chi connectivity index (χ0v) is 18.5. The van der Waals surface area contributed by atoms with Gasteiger partial charge >= 0.3 is 5.92 Å². The fourth-order valence-electron chi connectivity index (χ4n) is 3.71. The number of aliphatic imine (C=N–C) groups is 1.